The van der Waals surface area contributed by atoms with Gasteiger partial charge in [0.05, 0.1) is 19.2 Å². The van der Waals surface area contributed by atoms with E-state index in [9.17, 15) is 9.90 Å². The average molecular weight is 286 g/mol. The van der Waals surface area contributed by atoms with E-state index in [0.717, 1.165) is 0 Å². The van der Waals surface area contributed by atoms with E-state index in [0.29, 0.717) is 43.0 Å². The Morgan fingerprint density at radius 3 is 3.05 bits per heavy atom. The maximum atomic E-state index is 11.5. The van der Waals surface area contributed by atoms with Gasteiger partial charge in [0.15, 0.2) is 6.10 Å². The van der Waals surface area contributed by atoms with Gasteiger partial charge < -0.3 is 14.3 Å². The monoisotopic (exact) mass is 286 g/mol. The van der Waals surface area contributed by atoms with Crippen LogP contribution in [-0.2, 0) is 11.3 Å². The van der Waals surface area contributed by atoms with Gasteiger partial charge in [0.25, 0.3) is 0 Å². The number of carbonyl (C=O) groups is 1. The normalized spacial score (nSPS) is 19.5. The van der Waals surface area contributed by atoms with Crippen LogP contribution in [0.2, 0.25) is 0 Å². The summed E-state index contributed by atoms with van der Waals surface area (Å²) in [6, 6.07) is 9.16. The first kappa shape index (κ1) is 13.6. The molecule has 0 aliphatic carbocycles. The molecule has 0 radical (unpaired) electrons. The molecular weight excluding hydrogens is 272 g/mol. The molecule has 3 rings (SSSR count). The highest BCUT2D eigenvalue weighted by Gasteiger charge is 2.25. The van der Waals surface area contributed by atoms with Crippen molar-refractivity contribution in [2.75, 3.05) is 19.7 Å². The molecule has 1 saturated heterocycles. The molecule has 1 N–H and O–H groups in total. The molecule has 0 amide bonds. The average Bonchev–Trinajstić information content (AvgIpc) is 2.85. The highest BCUT2D eigenvalue weighted by atomic mass is 16.5. The zero-order chi connectivity index (χ0) is 14.8. The van der Waals surface area contributed by atoms with Gasteiger partial charge in [-0.3, -0.25) is 4.90 Å². The Labute approximate surface area is 121 Å². The van der Waals surface area contributed by atoms with Gasteiger partial charge >= 0.3 is 5.97 Å². The molecule has 6 heteroatoms. The van der Waals surface area contributed by atoms with Crippen LogP contribution in [0.1, 0.15) is 16.1 Å². The largest absolute Gasteiger partial charge is 0.478 e. The number of nitrogens with zero attached hydrogens (tertiary/aromatic N) is 2. The molecule has 108 valence electrons. The Kier molecular flexibility index (Phi) is 3.60. The van der Waals surface area contributed by atoms with Gasteiger partial charge in [-0.1, -0.05) is 18.2 Å². The van der Waals surface area contributed by atoms with Crippen molar-refractivity contribution in [3.63, 3.8) is 0 Å². The van der Waals surface area contributed by atoms with Crippen LogP contribution in [0.25, 0.3) is 11.0 Å². The first-order valence-corrected chi connectivity index (χ1v) is 6.66. The number of hydrogen-bond donors (Lipinski definition) is 1. The van der Waals surface area contributed by atoms with E-state index in [1.54, 1.807) is 18.2 Å². The Morgan fingerprint density at radius 1 is 1.48 bits per heavy atom. The SMILES string of the molecule is N#CC1CN(Cc2oc3ccccc3c2C(=O)O)CCO1. The topological polar surface area (TPSA) is 86.7 Å². The Morgan fingerprint density at radius 2 is 2.29 bits per heavy atom. The number of fused-ring (bicyclic) bond motifs is 1. The van der Waals surface area contributed by atoms with Crippen LogP contribution in [0.15, 0.2) is 28.7 Å². The van der Waals surface area contributed by atoms with Gasteiger partial charge in [0.2, 0.25) is 0 Å². The first-order valence-electron chi connectivity index (χ1n) is 6.66. The second-order valence-electron chi connectivity index (χ2n) is 4.93. The summed E-state index contributed by atoms with van der Waals surface area (Å²) in [5, 5.41) is 18.9. The second-order valence-corrected chi connectivity index (χ2v) is 4.93. The molecule has 2 heterocycles. The molecule has 1 aliphatic rings. The number of hydrogen-bond acceptors (Lipinski definition) is 5. The van der Waals surface area contributed by atoms with E-state index in [2.05, 4.69) is 6.07 Å². The summed E-state index contributed by atoms with van der Waals surface area (Å²) in [5.41, 5.74) is 0.764. The van der Waals surface area contributed by atoms with Crippen molar-refractivity contribution in [1.29, 1.82) is 5.26 Å². The maximum Gasteiger partial charge on any atom is 0.339 e. The number of furan rings is 1. The quantitative estimate of drug-likeness (QED) is 0.926. The van der Waals surface area contributed by atoms with Crippen molar-refractivity contribution in [2.24, 2.45) is 0 Å². The van der Waals surface area contributed by atoms with Crippen LogP contribution < -0.4 is 0 Å². The fourth-order valence-corrected chi connectivity index (χ4v) is 2.57. The highest BCUT2D eigenvalue weighted by Crippen LogP contribution is 2.27. The number of aromatic carboxylic acids is 1. The zero-order valence-electron chi connectivity index (χ0n) is 11.3. The van der Waals surface area contributed by atoms with E-state index in [1.807, 2.05) is 11.0 Å². The fraction of sp³-hybridized carbons (Fsp3) is 0.333. The Bertz CT molecular complexity index is 716. The lowest BCUT2D eigenvalue weighted by Gasteiger charge is -2.28. The third kappa shape index (κ3) is 2.61. The lowest BCUT2D eigenvalue weighted by Crippen LogP contribution is -2.41. The van der Waals surface area contributed by atoms with Gasteiger partial charge in [-0.15, -0.1) is 0 Å². The Balaban J connectivity index is 1.91. The molecule has 6 nitrogen and oxygen atoms in total. The van der Waals surface area contributed by atoms with E-state index in [4.69, 9.17) is 14.4 Å². The van der Waals surface area contributed by atoms with Crippen LogP contribution in [0, 0.1) is 11.3 Å². The van der Waals surface area contributed by atoms with Gasteiger partial charge in [-0.05, 0) is 6.07 Å². The highest BCUT2D eigenvalue weighted by molar-refractivity contribution is 6.03. The predicted octanol–water partition coefficient (Wildman–Crippen LogP) is 1.86. The minimum atomic E-state index is -1.000. The van der Waals surface area contributed by atoms with Crippen LogP contribution in [0.5, 0.6) is 0 Å². The lowest BCUT2D eigenvalue weighted by molar-refractivity contribution is -0.00485. The summed E-state index contributed by atoms with van der Waals surface area (Å²) in [6.45, 7) is 1.92. The fourth-order valence-electron chi connectivity index (χ4n) is 2.57. The van der Waals surface area contributed by atoms with Crippen molar-refractivity contribution >= 4 is 16.9 Å². The summed E-state index contributed by atoms with van der Waals surface area (Å²) in [4.78, 5) is 13.5. The third-order valence-electron chi connectivity index (χ3n) is 3.54. The van der Waals surface area contributed by atoms with Crippen LogP contribution >= 0.6 is 0 Å². The molecule has 0 saturated carbocycles. The van der Waals surface area contributed by atoms with Gasteiger partial charge in [0.1, 0.15) is 16.9 Å². The van der Waals surface area contributed by atoms with Crippen molar-refractivity contribution < 1.29 is 19.1 Å². The number of rotatable bonds is 3. The van der Waals surface area contributed by atoms with Crippen LogP contribution in [0.3, 0.4) is 0 Å². The summed E-state index contributed by atoms with van der Waals surface area (Å²) in [6.07, 6.45) is -0.476. The molecule has 1 atom stereocenters. The molecule has 2 aromatic rings. The van der Waals surface area contributed by atoms with E-state index < -0.39 is 12.1 Å². The molecule has 0 bridgehead atoms. The lowest BCUT2D eigenvalue weighted by atomic mass is 10.1. The van der Waals surface area contributed by atoms with Crippen molar-refractivity contribution in [3.05, 3.63) is 35.6 Å². The molecule has 1 aromatic carbocycles. The maximum absolute atomic E-state index is 11.5. The molecular formula is C15H14N2O4. The van der Waals surface area contributed by atoms with Crippen molar-refractivity contribution in [2.45, 2.75) is 12.6 Å². The summed E-state index contributed by atoms with van der Waals surface area (Å²) < 4.78 is 11.0. The molecule has 21 heavy (non-hydrogen) atoms. The van der Waals surface area contributed by atoms with E-state index in [1.165, 1.54) is 0 Å². The number of benzene rings is 1. The summed E-state index contributed by atoms with van der Waals surface area (Å²) >= 11 is 0. The van der Waals surface area contributed by atoms with Crippen molar-refractivity contribution in [3.8, 4) is 6.07 Å². The third-order valence-corrected chi connectivity index (χ3v) is 3.54. The van der Waals surface area contributed by atoms with Gasteiger partial charge in [-0.2, -0.15) is 5.26 Å². The number of carboxylic acids is 1. The number of para-hydroxylation sites is 1. The van der Waals surface area contributed by atoms with Crippen molar-refractivity contribution in [1.82, 2.24) is 4.90 Å². The molecule has 0 spiro atoms. The molecule has 1 aliphatic heterocycles. The van der Waals surface area contributed by atoms with Crippen LogP contribution in [0.4, 0.5) is 0 Å². The number of morpholine rings is 1. The second kappa shape index (κ2) is 5.56. The molecule has 1 fully saturated rings. The number of ether oxygens (including phenoxy) is 1. The van der Waals surface area contributed by atoms with Gasteiger partial charge in [-0.25, -0.2) is 4.79 Å². The zero-order valence-corrected chi connectivity index (χ0v) is 11.3. The summed E-state index contributed by atoms with van der Waals surface area (Å²) in [7, 11) is 0. The standard InChI is InChI=1S/C15H14N2O4/c16-7-10-8-17(5-6-20-10)9-13-14(15(18)19)11-3-1-2-4-12(11)21-13/h1-4,10H,5-6,8-9H2,(H,18,19). The molecule has 1 unspecified atom stereocenters. The number of nitriles is 1. The van der Waals surface area contributed by atoms with Crippen LogP contribution in [-0.4, -0.2) is 41.8 Å². The summed E-state index contributed by atoms with van der Waals surface area (Å²) in [5.74, 6) is -0.581. The Hall–Kier alpha value is -2.36. The number of carboxylic acid groups (broad SMARTS) is 1. The van der Waals surface area contributed by atoms with E-state index >= 15 is 0 Å². The van der Waals surface area contributed by atoms with Gasteiger partial charge in [0, 0.05) is 18.5 Å². The smallest absolute Gasteiger partial charge is 0.339 e. The first-order chi connectivity index (χ1) is 10.2. The predicted molar refractivity (Wildman–Crippen MR) is 73.8 cm³/mol. The minimum absolute atomic E-state index is 0.200. The van der Waals surface area contributed by atoms with E-state index in [-0.39, 0.29) is 5.56 Å². The molecule has 1 aromatic heterocycles. The minimum Gasteiger partial charge on any atom is -0.478 e.